The molecular weight excluding hydrogens is 222 g/mol. The highest BCUT2D eigenvalue weighted by molar-refractivity contribution is 5.85. The first-order chi connectivity index (χ1) is 7.38. The number of benzene rings is 1. The lowest BCUT2D eigenvalue weighted by Gasteiger charge is -2.11. The molecular formula is C13H20ClNO. The van der Waals surface area contributed by atoms with Crippen LogP contribution in [0.25, 0.3) is 0 Å². The van der Waals surface area contributed by atoms with Crippen LogP contribution in [0.15, 0.2) is 24.3 Å². The largest absolute Gasteiger partial charge is 0.493 e. The summed E-state index contributed by atoms with van der Waals surface area (Å²) in [4.78, 5) is 0. The second-order valence-corrected chi connectivity index (χ2v) is 4.17. The monoisotopic (exact) mass is 241 g/mol. The molecule has 3 heteroatoms. The van der Waals surface area contributed by atoms with E-state index in [-0.39, 0.29) is 12.4 Å². The second kappa shape index (κ2) is 6.77. The van der Waals surface area contributed by atoms with Crippen molar-refractivity contribution in [3.05, 3.63) is 29.8 Å². The Morgan fingerprint density at radius 3 is 3.00 bits per heavy atom. The first-order valence-electron chi connectivity index (χ1n) is 5.81. The molecule has 1 aliphatic heterocycles. The van der Waals surface area contributed by atoms with Crippen LogP contribution >= 0.6 is 12.4 Å². The predicted molar refractivity (Wildman–Crippen MR) is 69.5 cm³/mol. The minimum atomic E-state index is 0. The van der Waals surface area contributed by atoms with Crippen LogP contribution in [-0.2, 0) is 6.42 Å². The molecule has 0 spiro atoms. The van der Waals surface area contributed by atoms with Gasteiger partial charge in [-0.15, -0.1) is 12.4 Å². The van der Waals surface area contributed by atoms with Gasteiger partial charge >= 0.3 is 0 Å². The van der Waals surface area contributed by atoms with E-state index >= 15 is 0 Å². The van der Waals surface area contributed by atoms with E-state index in [9.17, 15) is 0 Å². The van der Waals surface area contributed by atoms with Gasteiger partial charge in [-0.1, -0.05) is 19.1 Å². The maximum atomic E-state index is 5.79. The quantitative estimate of drug-likeness (QED) is 0.875. The third-order valence-corrected chi connectivity index (χ3v) is 2.95. The van der Waals surface area contributed by atoms with Gasteiger partial charge in [0.05, 0.1) is 6.61 Å². The van der Waals surface area contributed by atoms with Gasteiger partial charge in [0.15, 0.2) is 0 Å². The summed E-state index contributed by atoms with van der Waals surface area (Å²) in [6.07, 6.45) is 2.32. The van der Waals surface area contributed by atoms with Gasteiger partial charge in [0.2, 0.25) is 0 Å². The van der Waals surface area contributed by atoms with Crippen molar-refractivity contribution in [2.24, 2.45) is 5.92 Å². The summed E-state index contributed by atoms with van der Waals surface area (Å²) in [5.41, 5.74) is 1.34. The van der Waals surface area contributed by atoms with Crippen LogP contribution in [0.5, 0.6) is 5.75 Å². The molecule has 1 aliphatic rings. The fraction of sp³-hybridized carbons (Fsp3) is 0.538. The van der Waals surface area contributed by atoms with Crippen molar-refractivity contribution in [2.45, 2.75) is 19.8 Å². The van der Waals surface area contributed by atoms with Crippen LogP contribution in [0.2, 0.25) is 0 Å². The summed E-state index contributed by atoms with van der Waals surface area (Å²) >= 11 is 0. The Labute approximate surface area is 104 Å². The maximum Gasteiger partial charge on any atom is 0.119 e. The van der Waals surface area contributed by atoms with Gasteiger partial charge in [-0.05, 0) is 37.1 Å². The van der Waals surface area contributed by atoms with E-state index in [0.29, 0.717) is 5.92 Å². The maximum absolute atomic E-state index is 5.79. The number of rotatable bonds is 4. The molecule has 1 aromatic carbocycles. The van der Waals surface area contributed by atoms with Gasteiger partial charge in [-0.3, -0.25) is 0 Å². The third-order valence-electron chi connectivity index (χ3n) is 2.95. The van der Waals surface area contributed by atoms with Crippen LogP contribution in [-0.4, -0.2) is 19.7 Å². The fourth-order valence-electron chi connectivity index (χ4n) is 1.93. The molecule has 0 saturated carbocycles. The van der Waals surface area contributed by atoms with Crippen molar-refractivity contribution in [1.29, 1.82) is 0 Å². The number of nitrogens with one attached hydrogen (secondary N) is 1. The molecule has 1 unspecified atom stereocenters. The SMILES string of the molecule is CCc1cccc(OCC2CCNC2)c1.Cl. The standard InChI is InChI=1S/C13H19NO.ClH/c1-2-11-4-3-5-13(8-11)15-10-12-6-7-14-9-12;/h3-5,8,12,14H,2,6-7,9-10H2,1H3;1H. The van der Waals surface area contributed by atoms with Gasteiger partial charge in [-0.25, -0.2) is 0 Å². The fourth-order valence-corrected chi connectivity index (χ4v) is 1.93. The Balaban J connectivity index is 0.00000128. The highest BCUT2D eigenvalue weighted by Gasteiger charge is 2.14. The molecule has 1 N–H and O–H groups in total. The average molecular weight is 242 g/mol. The van der Waals surface area contributed by atoms with Gasteiger partial charge in [0.25, 0.3) is 0 Å². The Morgan fingerprint density at radius 2 is 2.31 bits per heavy atom. The molecule has 1 fully saturated rings. The first kappa shape index (κ1) is 13.3. The Hall–Kier alpha value is -0.730. The lowest BCUT2D eigenvalue weighted by Crippen LogP contribution is -2.15. The zero-order valence-electron chi connectivity index (χ0n) is 9.74. The van der Waals surface area contributed by atoms with Crippen LogP contribution < -0.4 is 10.1 Å². The molecule has 2 rings (SSSR count). The van der Waals surface area contributed by atoms with Crippen molar-refractivity contribution >= 4 is 12.4 Å². The van der Waals surface area contributed by atoms with E-state index in [1.54, 1.807) is 0 Å². The minimum Gasteiger partial charge on any atom is -0.493 e. The van der Waals surface area contributed by atoms with Crippen LogP contribution in [0.3, 0.4) is 0 Å². The van der Waals surface area contributed by atoms with Crippen molar-refractivity contribution in [2.75, 3.05) is 19.7 Å². The Morgan fingerprint density at radius 1 is 1.44 bits per heavy atom. The molecule has 0 aliphatic carbocycles. The smallest absolute Gasteiger partial charge is 0.119 e. The Bertz CT molecular complexity index is 311. The van der Waals surface area contributed by atoms with E-state index in [4.69, 9.17) is 4.74 Å². The summed E-state index contributed by atoms with van der Waals surface area (Å²) in [6.45, 7) is 5.26. The molecule has 0 amide bonds. The normalized spacial score (nSPS) is 19.2. The summed E-state index contributed by atoms with van der Waals surface area (Å²) in [5.74, 6) is 1.71. The number of halogens is 1. The van der Waals surface area contributed by atoms with Crippen molar-refractivity contribution in [1.82, 2.24) is 5.32 Å². The van der Waals surface area contributed by atoms with Gasteiger partial charge in [0.1, 0.15) is 5.75 Å². The van der Waals surface area contributed by atoms with Gasteiger partial charge < -0.3 is 10.1 Å². The zero-order valence-corrected chi connectivity index (χ0v) is 10.6. The van der Waals surface area contributed by atoms with Crippen molar-refractivity contribution in [3.8, 4) is 5.75 Å². The number of aryl methyl sites for hydroxylation is 1. The second-order valence-electron chi connectivity index (χ2n) is 4.17. The summed E-state index contributed by atoms with van der Waals surface area (Å²) < 4.78 is 5.79. The summed E-state index contributed by atoms with van der Waals surface area (Å²) in [5, 5.41) is 3.35. The molecule has 0 aromatic heterocycles. The van der Waals surface area contributed by atoms with E-state index in [0.717, 1.165) is 31.9 Å². The van der Waals surface area contributed by atoms with Crippen molar-refractivity contribution < 1.29 is 4.74 Å². The number of ether oxygens (including phenoxy) is 1. The van der Waals surface area contributed by atoms with Gasteiger partial charge in [0, 0.05) is 12.5 Å². The van der Waals surface area contributed by atoms with Crippen LogP contribution in [0.1, 0.15) is 18.9 Å². The Kier molecular flexibility index (Phi) is 5.64. The van der Waals surface area contributed by atoms with E-state index in [2.05, 4.69) is 30.4 Å². The third kappa shape index (κ3) is 3.69. The highest BCUT2D eigenvalue weighted by atomic mass is 35.5. The zero-order chi connectivity index (χ0) is 10.5. The molecule has 90 valence electrons. The summed E-state index contributed by atoms with van der Waals surface area (Å²) in [6, 6.07) is 8.40. The first-order valence-corrected chi connectivity index (χ1v) is 5.81. The number of hydrogen-bond acceptors (Lipinski definition) is 2. The average Bonchev–Trinajstić information content (AvgIpc) is 2.79. The lowest BCUT2D eigenvalue weighted by molar-refractivity contribution is 0.260. The molecule has 1 saturated heterocycles. The van der Waals surface area contributed by atoms with Crippen LogP contribution in [0, 0.1) is 5.92 Å². The van der Waals surface area contributed by atoms with E-state index in [1.807, 2.05) is 6.07 Å². The topological polar surface area (TPSA) is 21.3 Å². The molecule has 1 heterocycles. The highest BCUT2D eigenvalue weighted by Crippen LogP contribution is 2.16. The molecule has 16 heavy (non-hydrogen) atoms. The van der Waals surface area contributed by atoms with E-state index in [1.165, 1.54) is 12.0 Å². The molecule has 0 radical (unpaired) electrons. The number of hydrogen-bond donors (Lipinski definition) is 1. The van der Waals surface area contributed by atoms with Gasteiger partial charge in [-0.2, -0.15) is 0 Å². The minimum absolute atomic E-state index is 0. The lowest BCUT2D eigenvalue weighted by atomic mass is 10.1. The predicted octanol–water partition coefficient (Wildman–Crippen LogP) is 2.66. The summed E-state index contributed by atoms with van der Waals surface area (Å²) in [7, 11) is 0. The van der Waals surface area contributed by atoms with Crippen molar-refractivity contribution in [3.63, 3.8) is 0 Å². The molecule has 1 atom stereocenters. The molecule has 2 nitrogen and oxygen atoms in total. The van der Waals surface area contributed by atoms with Crippen LogP contribution in [0.4, 0.5) is 0 Å². The van der Waals surface area contributed by atoms with E-state index < -0.39 is 0 Å². The molecule has 1 aromatic rings. The molecule has 0 bridgehead atoms.